The molecule has 0 aliphatic heterocycles. The molecule has 1 aromatic rings. The third-order valence-electron chi connectivity index (χ3n) is 2.54. The van der Waals surface area contributed by atoms with E-state index in [-0.39, 0.29) is 0 Å². The van der Waals surface area contributed by atoms with Crippen LogP contribution in [-0.4, -0.2) is 30.9 Å². The van der Waals surface area contributed by atoms with Gasteiger partial charge in [0.1, 0.15) is 0 Å². The molecule has 0 aliphatic rings. The minimum atomic E-state index is 0.759. The summed E-state index contributed by atoms with van der Waals surface area (Å²) in [5.74, 6) is 0.759. The molecule has 0 fully saturated rings. The Kier molecular flexibility index (Phi) is 5.74. The van der Waals surface area contributed by atoms with Crippen molar-refractivity contribution in [2.45, 2.75) is 19.8 Å². The zero-order chi connectivity index (χ0) is 11.1. The van der Waals surface area contributed by atoms with Crippen LogP contribution in [0.1, 0.15) is 17.5 Å². The lowest BCUT2D eigenvalue weighted by molar-refractivity contribution is 0.340. The van der Waals surface area contributed by atoms with Gasteiger partial charge in [-0.25, -0.2) is 0 Å². The van der Waals surface area contributed by atoms with Gasteiger partial charge in [0, 0.05) is 12.4 Å². The normalized spacial score (nSPS) is 10.9. The fourth-order valence-electron chi connectivity index (χ4n) is 1.63. The lowest BCUT2D eigenvalue weighted by Crippen LogP contribution is -2.22. The SMILES string of the molecule is Cc1cccc(CCN(C)CCCCl)c1. The summed E-state index contributed by atoms with van der Waals surface area (Å²) in [6.45, 7) is 4.34. The van der Waals surface area contributed by atoms with Gasteiger partial charge in [0.15, 0.2) is 0 Å². The van der Waals surface area contributed by atoms with Crippen LogP contribution in [0.25, 0.3) is 0 Å². The standard InChI is InChI=1S/C13H20ClN/c1-12-5-3-6-13(11-12)7-10-15(2)9-4-8-14/h3,5-6,11H,4,7-10H2,1-2H3. The highest BCUT2D eigenvalue weighted by Gasteiger charge is 1.99. The topological polar surface area (TPSA) is 3.24 Å². The minimum Gasteiger partial charge on any atom is -0.306 e. The van der Waals surface area contributed by atoms with Gasteiger partial charge in [-0.3, -0.25) is 0 Å². The van der Waals surface area contributed by atoms with Gasteiger partial charge in [-0.2, -0.15) is 0 Å². The first-order valence-electron chi connectivity index (χ1n) is 5.52. The monoisotopic (exact) mass is 225 g/mol. The van der Waals surface area contributed by atoms with E-state index in [4.69, 9.17) is 11.6 Å². The first-order chi connectivity index (χ1) is 7.22. The van der Waals surface area contributed by atoms with E-state index in [1.807, 2.05) is 0 Å². The summed E-state index contributed by atoms with van der Waals surface area (Å²) in [6.07, 6.45) is 2.20. The van der Waals surface area contributed by atoms with E-state index in [1.54, 1.807) is 0 Å². The Labute approximate surface area is 98.0 Å². The summed E-state index contributed by atoms with van der Waals surface area (Å²) in [5.41, 5.74) is 2.77. The number of rotatable bonds is 6. The Morgan fingerprint density at radius 2 is 2.07 bits per heavy atom. The van der Waals surface area contributed by atoms with Gasteiger partial charge in [0.05, 0.1) is 0 Å². The molecular weight excluding hydrogens is 206 g/mol. The summed E-state index contributed by atoms with van der Waals surface area (Å²) in [5, 5.41) is 0. The van der Waals surface area contributed by atoms with Crippen LogP contribution < -0.4 is 0 Å². The van der Waals surface area contributed by atoms with Crippen LogP contribution in [0, 0.1) is 6.92 Å². The Morgan fingerprint density at radius 1 is 1.27 bits per heavy atom. The van der Waals surface area contributed by atoms with E-state index >= 15 is 0 Å². The Hall–Kier alpha value is -0.530. The van der Waals surface area contributed by atoms with Crippen molar-refractivity contribution in [3.8, 4) is 0 Å². The van der Waals surface area contributed by atoms with E-state index in [9.17, 15) is 0 Å². The lowest BCUT2D eigenvalue weighted by atomic mass is 10.1. The molecule has 0 unspecified atom stereocenters. The highest BCUT2D eigenvalue weighted by Crippen LogP contribution is 2.05. The van der Waals surface area contributed by atoms with Crippen LogP contribution >= 0.6 is 11.6 Å². The smallest absolute Gasteiger partial charge is 0.0235 e. The van der Waals surface area contributed by atoms with Crippen molar-refractivity contribution in [1.82, 2.24) is 4.90 Å². The number of halogens is 1. The van der Waals surface area contributed by atoms with Crippen molar-refractivity contribution in [3.63, 3.8) is 0 Å². The highest BCUT2D eigenvalue weighted by molar-refractivity contribution is 6.17. The van der Waals surface area contributed by atoms with Crippen LogP contribution in [0.5, 0.6) is 0 Å². The maximum absolute atomic E-state index is 5.66. The number of likely N-dealkylation sites (N-methyl/N-ethyl adjacent to an activating group) is 1. The van der Waals surface area contributed by atoms with Crippen molar-refractivity contribution < 1.29 is 0 Å². The average molecular weight is 226 g/mol. The highest BCUT2D eigenvalue weighted by atomic mass is 35.5. The second kappa shape index (κ2) is 6.86. The zero-order valence-corrected chi connectivity index (χ0v) is 10.4. The molecule has 0 spiro atoms. The predicted octanol–water partition coefficient (Wildman–Crippen LogP) is 3.10. The lowest BCUT2D eigenvalue weighted by Gasteiger charge is -2.15. The first kappa shape index (κ1) is 12.5. The van der Waals surface area contributed by atoms with Gasteiger partial charge < -0.3 is 4.90 Å². The largest absolute Gasteiger partial charge is 0.306 e. The quantitative estimate of drug-likeness (QED) is 0.673. The second-order valence-corrected chi connectivity index (χ2v) is 4.46. The van der Waals surface area contributed by atoms with Crippen LogP contribution in [0.2, 0.25) is 0 Å². The van der Waals surface area contributed by atoms with E-state index in [2.05, 4.69) is 43.1 Å². The Bertz CT molecular complexity index is 286. The van der Waals surface area contributed by atoms with E-state index in [0.717, 1.165) is 31.8 Å². The minimum absolute atomic E-state index is 0.759. The van der Waals surface area contributed by atoms with Gasteiger partial charge in [0.2, 0.25) is 0 Å². The Morgan fingerprint density at radius 3 is 2.73 bits per heavy atom. The summed E-state index contributed by atoms with van der Waals surface area (Å²) < 4.78 is 0. The molecule has 0 atom stereocenters. The maximum atomic E-state index is 5.66. The zero-order valence-electron chi connectivity index (χ0n) is 9.67. The molecule has 0 aromatic heterocycles. The van der Waals surface area contributed by atoms with Crippen LogP contribution in [0.3, 0.4) is 0 Å². The van der Waals surface area contributed by atoms with Gasteiger partial charge in [-0.15, -0.1) is 11.6 Å². The molecule has 1 aromatic carbocycles. The number of hydrogen-bond donors (Lipinski definition) is 0. The van der Waals surface area contributed by atoms with E-state index in [0.29, 0.717) is 0 Å². The number of alkyl halides is 1. The Balaban J connectivity index is 2.30. The molecule has 15 heavy (non-hydrogen) atoms. The van der Waals surface area contributed by atoms with Gasteiger partial charge in [-0.1, -0.05) is 29.8 Å². The average Bonchev–Trinajstić information content (AvgIpc) is 2.23. The molecule has 0 saturated carbocycles. The molecule has 0 bridgehead atoms. The second-order valence-electron chi connectivity index (χ2n) is 4.08. The van der Waals surface area contributed by atoms with Crippen molar-refractivity contribution in [1.29, 1.82) is 0 Å². The van der Waals surface area contributed by atoms with E-state index in [1.165, 1.54) is 11.1 Å². The summed E-state index contributed by atoms with van der Waals surface area (Å²) in [7, 11) is 2.16. The van der Waals surface area contributed by atoms with Crippen molar-refractivity contribution in [3.05, 3.63) is 35.4 Å². The molecular formula is C13H20ClN. The van der Waals surface area contributed by atoms with Crippen molar-refractivity contribution >= 4 is 11.6 Å². The molecule has 0 heterocycles. The molecule has 0 saturated heterocycles. The molecule has 0 radical (unpaired) electrons. The van der Waals surface area contributed by atoms with Gasteiger partial charge in [-0.05, 0) is 38.9 Å². The van der Waals surface area contributed by atoms with Gasteiger partial charge >= 0.3 is 0 Å². The third kappa shape index (κ3) is 5.19. The van der Waals surface area contributed by atoms with Crippen LogP contribution in [-0.2, 0) is 6.42 Å². The molecule has 0 aliphatic carbocycles. The number of benzene rings is 1. The molecule has 1 rings (SSSR count). The summed E-state index contributed by atoms with van der Waals surface area (Å²) >= 11 is 5.66. The number of hydrogen-bond acceptors (Lipinski definition) is 1. The van der Waals surface area contributed by atoms with E-state index < -0.39 is 0 Å². The fraction of sp³-hybridized carbons (Fsp3) is 0.538. The maximum Gasteiger partial charge on any atom is 0.0235 e. The molecule has 0 amide bonds. The van der Waals surface area contributed by atoms with Crippen LogP contribution in [0.15, 0.2) is 24.3 Å². The third-order valence-corrected chi connectivity index (χ3v) is 2.81. The molecule has 0 N–H and O–H groups in total. The molecule has 1 nitrogen and oxygen atoms in total. The number of aryl methyl sites for hydroxylation is 1. The molecule has 84 valence electrons. The predicted molar refractivity (Wildman–Crippen MR) is 67.7 cm³/mol. The first-order valence-corrected chi connectivity index (χ1v) is 6.06. The number of nitrogens with zero attached hydrogens (tertiary/aromatic N) is 1. The van der Waals surface area contributed by atoms with Crippen molar-refractivity contribution in [2.75, 3.05) is 26.0 Å². The summed E-state index contributed by atoms with van der Waals surface area (Å²) in [4.78, 5) is 2.34. The van der Waals surface area contributed by atoms with Crippen molar-refractivity contribution in [2.24, 2.45) is 0 Å². The fourth-order valence-corrected chi connectivity index (χ4v) is 1.75. The molecule has 2 heteroatoms. The summed E-state index contributed by atoms with van der Waals surface area (Å²) in [6, 6.07) is 8.72. The van der Waals surface area contributed by atoms with Crippen LogP contribution in [0.4, 0.5) is 0 Å². The van der Waals surface area contributed by atoms with Gasteiger partial charge in [0.25, 0.3) is 0 Å².